The highest BCUT2D eigenvalue weighted by Crippen LogP contribution is 2.43. The minimum absolute atomic E-state index is 0.0249. The van der Waals surface area contributed by atoms with Gasteiger partial charge in [-0.3, -0.25) is 13.8 Å². The Morgan fingerprint density at radius 2 is 0.966 bits per heavy atom. The second-order valence-corrected chi connectivity index (χ2v) is 16.9. The van der Waals surface area contributed by atoms with E-state index < -0.39 is 45.8 Å². The lowest BCUT2D eigenvalue weighted by Crippen LogP contribution is -2.29. The van der Waals surface area contributed by atoms with Crippen LogP contribution < -0.4 is 0 Å². The highest BCUT2D eigenvalue weighted by Gasteiger charge is 2.26. The SMILES string of the molecule is CC/C=C\C/C=C\C/C=C\C/C=C\C/C=C\C/C=C\CCCCCOCC(COP(=O)(O)OCC(O)CO)OC(=O)CCCCCCCCCCCCCCCCCC. The molecule has 0 aliphatic heterocycles. The van der Waals surface area contributed by atoms with Gasteiger partial charge in [0, 0.05) is 13.0 Å². The van der Waals surface area contributed by atoms with Gasteiger partial charge in [0.05, 0.1) is 26.4 Å². The molecule has 0 saturated heterocycles. The smallest absolute Gasteiger partial charge is 0.457 e. The van der Waals surface area contributed by atoms with Crippen LogP contribution in [0.15, 0.2) is 72.9 Å². The van der Waals surface area contributed by atoms with Gasteiger partial charge in [-0.15, -0.1) is 0 Å². The summed E-state index contributed by atoms with van der Waals surface area (Å²) in [6.45, 7) is 3.33. The van der Waals surface area contributed by atoms with Gasteiger partial charge >= 0.3 is 13.8 Å². The predicted octanol–water partition coefficient (Wildman–Crippen LogP) is 13.3. The third kappa shape index (κ3) is 45.3. The maximum atomic E-state index is 12.6. The average Bonchev–Trinajstić information content (AvgIpc) is 3.23. The molecule has 0 saturated carbocycles. The van der Waals surface area contributed by atoms with Crippen molar-refractivity contribution in [2.45, 2.75) is 199 Å². The fourth-order valence-corrected chi connectivity index (χ4v) is 6.91. The highest BCUT2D eigenvalue weighted by atomic mass is 31.2. The van der Waals surface area contributed by atoms with Gasteiger partial charge in [0.2, 0.25) is 0 Å². The van der Waals surface area contributed by atoms with Gasteiger partial charge in [-0.05, 0) is 64.2 Å². The van der Waals surface area contributed by atoms with Crippen molar-refractivity contribution < 1.29 is 43.0 Å². The van der Waals surface area contributed by atoms with E-state index in [1.807, 2.05) is 0 Å². The summed E-state index contributed by atoms with van der Waals surface area (Å²) in [5.41, 5.74) is 0. The Labute approximate surface area is 361 Å². The van der Waals surface area contributed by atoms with Crippen LogP contribution in [0.4, 0.5) is 0 Å². The normalized spacial score (nSPS) is 14.6. The summed E-state index contributed by atoms with van der Waals surface area (Å²) in [5.74, 6) is -0.395. The fourth-order valence-electron chi connectivity index (χ4n) is 6.12. The molecular weight excluding hydrogens is 764 g/mol. The van der Waals surface area contributed by atoms with Crippen LogP contribution in [0, 0.1) is 0 Å². The number of hydrogen-bond donors (Lipinski definition) is 3. The molecule has 3 atom stereocenters. The molecule has 0 aromatic carbocycles. The zero-order chi connectivity index (χ0) is 43.2. The Morgan fingerprint density at radius 1 is 0.542 bits per heavy atom. The Hall–Kier alpha value is -2.10. The number of aliphatic hydroxyl groups is 2. The molecular formula is C49H87O9P. The fraction of sp³-hybridized carbons (Fsp3) is 0.735. The lowest BCUT2D eigenvalue weighted by molar-refractivity contribution is -0.154. The Bertz CT molecular complexity index is 1150. The molecule has 0 aliphatic carbocycles. The van der Waals surface area contributed by atoms with Gasteiger partial charge in [-0.1, -0.05) is 189 Å². The van der Waals surface area contributed by atoms with Crippen molar-refractivity contribution in [3.63, 3.8) is 0 Å². The van der Waals surface area contributed by atoms with Crippen molar-refractivity contribution in [3.05, 3.63) is 72.9 Å². The maximum Gasteiger partial charge on any atom is 0.472 e. The van der Waals surface area contributed by atoms with Crippen molar-refractivity contribution >= 4 is 13.8 Å². The predicted molar refractivity (Wildman–Crippen MR) is 246 cm³/mol. The number of ether oxygens (including phenoxy) is 2. The summed E-state index contributed by atoms with van der Waals surface area (Å²) < 4.78 is 33.4. The minimum atomic E-state index is -4.53. The highest BCUT2D eigenvalue weighted by molar-refractivity contribution is 7.47. The van der Waals surface area contributed by atoms with E-state index in [9.17, 15) is 19.4 Å². The number of esters is 1. The minimum Gasteiger partial charge on any atom is -0.457 e. The first-order chi connectivity index (χ1) is 28.8. The number of phosphoric ester groups is 1. The molecule has 0 aliphatic rings. The molecule has 0 rings (SSSR count). The molecule has 0 radical (unpaired) electrons. The summed E-state index contributed by atoms with van der Waals surface area (Å²) >= 11 is 0. The topological polar surface area (TPSA) is 132 Å². The lowest BCUT2D eigenvalue weighted by atomic mass is 10.0. The van der Waals surface area contributed by atoms with E-state index in [2.05, 4.69) is 86.8 Å². The lowest BCUT2D eigenvalue weighted by Gasteiger charge is -2.20. The van der Waals surface area contributed by atoms with Crippen LogP contribution in [0.1, 0.15) is 187 Å². The van der Waals surface area contributed by atoms with Gasteiger partial charge in [0.25, 0.3) is 0 Å². The number of carbonyl (C=O) groups excluding carboxylic acids is 1. The zero-order valence-electron chi connectivity index (χ0n) is 37.4. The Morgan fingerprint density at radius 3 is 1.44 bits per heavy atom. The van der Waals surface area contributed by atoms with Crippen LogP contribution in [0.5, 0.6) is 0 Å². The molecule has 10 heteroatoms. The van der Waals surface area contributed by atoms with E-state index in [1.54, 1.807) is 0 Å². The van der Waals surface area contributed by atoms with Gasteiger partial charge in [0.15, 0.2) is 0 Å². The van der Waals surface area contributed by atoms with E-state index in [4.69, 9.17) is 23.6 Å². The van der Waals surface area contributed by atoms with Crippen LogP contribution >= 0.6 is 7.82 Å². The monoisotopic (exact) mass is 851 g/mol. The number of carbonyl (C=O) groups is 1. The van der Waals surface area contributed by atoms with Gasteiger partial charge < -0.3 is 24.6 Å². The third-order valence-electron chi connectivity index (χ3n) is 9.66. The van der Waals surface area contributed by atoms with E-state index >= 15 is 0 Å². The van der Waals surface area contributed by atoms with E-state index in [-0.39, 0.29) is 13.0 Å². The molecule has 3 unspecified atom stereocenters. The third-order valence-corrected chi connectivity index (χ3v) is 10.6. The summed E-state index contributed by atoms with van der Waals surface area (Å²) in [6.07, 6.45) is 54.3. The summed E-state index contributed by atoms with van der Waals surface area (Å²) in [6, 6.07) is 0. The van der Waals surface area contributed by atoms with Gasteiger partial charge in [-0.2, -0.15) is 0 Å². The van der Waals surface area contributed by atoms with Crippen molar-refractivity contribution in [2.24, 2.45) is 0 Å². The summed E-state index contributed by atoms with van der Waals surface area (Å²) in [5, 5.41) is 18.4. The van der Waals surface area contributed by atoms with E-state index in [0.29, 0.717) is 6.61 Å². The number of phosphoric acid groups is 1. The number of rotatable bonds is 44. The van der Waals surface area contributed by atoms with E-state index in [1.165, 1.54) is 83.5 Å². The van der Waals surface area contributed by atoms with Crippen molar-refractivity contribution in [2.75, 3.05) is 33.0 Å². The number of unbranched alkanes of at least 4 members (excludes halogenated alkanes) is 18. The molecule has 0 aromatic rings. The molecule has 0 amide bonds. The number of allylic oxidation sites excluding steroid dienone is 12. The first-order valence-corrected chi connectivity index (χ1v) is 24.9. The van der Waals surface area contributed by atoms with Crippen LogP contribution in [-0.2, 0) is 27.9 Å². The van der Waals surface area contributed by atoms with Gasteiger partial charge in [0.1, 0.15) is 12.2 Å². The molecule has 3 N–H and O–H groups in total. The number of hydrogen-bond acceptors (Lipinski definition) is 8. The van der Waals surface area contributed by atoms with Crippen LogP contribution in [0.3, 0.4) is 0 Å². The second kappa shape index (κ2) is 45.4. The first kappa shape index (κ1) is 56.9. The summed E-state index contributed by atoms with van der Waals surface area (Å²) in [4.78, 5) is 22.6. The first-order valence-electron chi connectivity index (χ1n) is 23.4. The second-order valence-electron chi connectivity index (χ2n) is 15.4. The molecule has 0 spiro atoms. The quantitative estimate of drug-likeness (QED) is 0.0237. The average molecular weight is 851 g/mol. The van der Waals surface area contributed by atoms with E-state index in [0.717, 1.165) is 83.5 Å². The molecule has 59 heavy (non-hydrogen) atoms. The summed E-state index contributed by atoms with van der Waals surface area (Å²) in [7, 11) is -4.53. The largest absolute Gasteiger partial charge is 0.472 e. The molecule has 0 fully saturated rings. The Kier molecular flexibility index (Phi) is 43.8. The molecule has 0 aromatic heterocycles. The number of aliphatic hydroxyl groups excluding tert-OH is 2. The van der Waals surface area contributed by atoms with Crippen molar-refractivity contribution in [3.8, 4) is 0 Å². The molecule has 9 nitrogen and oxygen atoms in total. The molecule has 0 heterocycles. The molecule has 342 valence electrons. The van der Waals surface area contributed by atoms with Crippen molar-refractivity contribution in [1.29, 1.82) is 0 Å². The Balaban J connectivity index is 4.21. The molecule has 0 bridgehead atoms. The van der Waals surface area contributed by atoms with Crippen LogP contribution in [0.25, 0.3) is 0 Å². The van der Waals surface area contributed by atoms with Crippen molar-refractivity contribution in [1.82, 2.24) is 0 Å². The zero-order valence-corrected chi connectivity index (χ0v) is 38.3. The maximum absolute atomic E-state index is 12.6. The van der Waals surface area contributed by atoms with Crippen LogP contribution in [0.2, 0.25) is 0 Å². The van der Waals surface area contributed by atoms with Crippen LogP contribution in [-0.4, -0.2) is 66.3 Å². The standard InChI is InChI=1S/C49H87O9P/c1-3-5-7-9-11-13-15-17-19-21-22-23-24-25-26-28-30-32-34-36-38-40-42-55-45-48(46-57-59(53,54)56-44-47(51)43-50)58-49(52)41-39-37-35-33-31-29-27-20-18-16-14-12-10-8-6-4-2/h5,7,11,13,17,19,22-23,25-26,30,32,47-48,50-51H,3-4,6,8-10,12,14-16,18,20-21,24,27-29,31,33-46H2,1-2H3,(H,53,54)/b7-5-,13-11-,19-17-,23-22-,26-25-,32-30-. The van der Waals surface area contributed by atoms with Gasteiger partial charge in [-0.25, -0.2) is 4.57 Å².